The summed E-state index contributed by atoms with van der Waals surface area (Å²) in [6, 6.07) is 5.47. The van der Waals surface area contributed by atoms with Gasteiger partial charge in [-0.2, -0.15) is 13.2 Å². The highest BCUT2D eigenvalue weighted by Gasteiger charge is 2.26. The monoisotopic (exact) mass is 447 g/mol. The number of halogens is 4. The predicted molar refractivity (Wildman–Crippen MR) is 108 cm³/mol. The fraction of sp³-hybridized carbons (Fsp3) is 0.286. The van der Waals surface area contributed by atoms with Crippen LogP contribution >= 0.6 is 0 Å². The Morgan fingerprint density at radius 1 is 1.19 bits per heavy atom. The summed E-state index contributed by atoms with van der Waals surface area (Å²) in [4.78, 5) is 31.0. The lowest BCUT2D eigenvalue weighted by Gasteiger charge is -2.24. The number of pyridine rings is 1. The van der Waals surface area contributed by atoms with Crippen molar-refractivity contribution in [1.29, 1.82) is 0 Å². The van der Waals surface area contributed by atoms with Crippen LogP contribution in [0.2, 0.25) is 0 Å². The van der Waals surface area contributed by atoms with Gasteiger partial charge >= 0.3 is 18.4 Å². The normalized spacial score (nSPS) is 16.9. The molecule has 1 aliphatic carbocycles. The number of benzene rings is 1. The zero-order chi connectivity index (χ0) is 22.8. The molecule has 1 saturated carbocycles. The fourth-order valence-electron chi connectivity index (χ4n) is 3.33. The Balaban J connectivity index is 0.000000567. The number of nitrogens with zero attached hydrogens (tertiary/aromatic N) is 2. The standard InChI is InChI=1S/C20H16FN5O2.CHF3/c21-14-9-13-15(6-5-11-3-4-11)23-19(27)24-16(13)8-12(14)10-26-17-2-1-7-22-18(17)25-20(26)28;2-1(3)4/h1-2,7-9,11,15H,3-4,10H2,(H,22,25,28)(H2,23,24,27);1H. The first kappa shape index (κ1) is 21.4. The third kappa shape index (κ3) is 4.74. The summed E-state index contributed by atoms with van der Waals surface area (Å²) in [7, 11) is 0. The summed E-state index contributed by atoms with van der Waals surface area (Å²) < 4.78 is 45.3. The van der Waals surface area contributed by atoms with Crippen LogP contribution in [0.1, 0.15) is 30.0 Å². The highest BCUT2D eigenvalue weighted by Crippen LogP contribution is 2.32. The average Bonchev–Trinajstić information content (AvgIpc) is 3.50. The van der Waals surface area contributed by atoms with E-state index >= 15 is 0 Å². The van der Waals surface area contributed by atoms with Crippen LogP contribution in [0.5, 0.6) is 0 Å². The van der Waals surface area contributed by atoms with E-state index in [0.717, 1.165) is 12.8 Å². The van der Waals surface area contributed by atoms with E-state index in [9.17, 15) is 27.2 Å². The van der Waals surface area contributed by atoms with Crippen molar-refractivity contribution in [1.82, 2.24) is 19.9 Å². The van der Waals surface area contributed by atoms with Gasteiger partial charge in [0.1, 0.15) is 11.9 Å². The minimum Gasteiger partial charge on any atom is -0.320 e. The van der Waals surface area contributed by atoms with Crippen molar-refractivity contribution in [2.45, 2.75) is 32.1 Å². The Kier molecular flexibility index (Phi) is 5.85. The first-order valence-electron chi connectivity index (χ1n) is 9.68. The third-order valence-electron chi connectivity index (χ3n) is 4.94. The van der Waals surface area contributed by atoms with Gasteiger partial charge in [-0.05, 0) is 37.1 Å². The van der Waals surface area contributed by atoms with Gasteiger partial charge in [0.15, 0.2) is 5.65 Å². The molecule has 3 heterocycles. The number of fused-ring (bicyclic) bond motifs is 2. The number of imidazole rings is 1. The molecule has 166 valence electrons. The molecule has 0 radical (unpaired) electrons. The van der Waals surface area contributed by atoms with Crippen LogP contribution in [0.4, 0.5) is 28.0 Å². The van der Waals surface area contributed by atoms with E-state index in [2.05, 4.69) is 32.4 Å². The Bertz CT molecular complexity index is 1280. The number of hydrogen-bond donors (Lipinski definition) is 3. The Morgan fingerprint density at radius 3 is 2.66 bits per heavy atom. The van der Waals surface area contributed by atoms with E-state index in [1.165, 1.54) is 10.6 Å². The van der Waals surface area contributed by atoms with Crippen LogP contribution in [0, 0.1) is 23.6 Å². The fourth-order valence-corrected chi connectivity index (χ4v) is 3.33. The molecule has 0 saturated heterocycles. The zero-order valence-corrected chi connectivity index (χ0v) is 16.5. The number of anilines is 1. The van der Waals surface area contributed by atoms with Crippen molar-refractivity contribution in [2.24, 2.45) is 5.92 Å². The van der Waals surface area contributed by atoms with Gasteiger partial charge in [-0.15, -0.1) is 0 Å². The lowest BCUT2D eigenvalue weighted by molar-refractivity contribution is 0.00819. The molecule has 32 heavy (non-hydrogen) atoms. The van der Waals surface area contributed by atoms with Crippen molar-refractivity contribution in [2.75, 3.05) is 5.32 Å². The molecule has 11 heteroatoms. The van der Waals surface area contributed by atoms with Crippen molar-refractivity contribution in [3.05, 3.63) is 57.9 Å². The molecule has 1 fully saturated rings. The summed E-state index contributed by atoms with van der Waals surface area (Å²) in [5, 5.41) is 5.42. The molecule has 0 bridgehead atoms. The number of H-pyrrole nitrogens is 1. The summed E-state index contributed by atoms with van der Waals surface area (Å²) in [5.74, 6) is 6.07. The van der Waals surface area contributed by atoms with E-state index in [4.69, 9.17) is 0 Å². The van der Waals surface area contributed by atoms with E-state index in [0.29, 0.717) is 33.9 Å². The van der Waals surface area contributed by atoms with Gasteiger partial charge in [0.2, 0.25) is 0 Å². The first-order valence-corrected chi connectivity index (χ1v) is 9.68. The molecule has 5 rings (SSSR count). The molecule has 1 unspecified atom stereocenters. The summed E-state index contributed by atoms with van der Waals surface area (Å²) >= 11 is 0. The van der Waals surface area contributed by atoms with Crippen molar-refractivity contribution < 1.29 is 22.4 Å². The Labute approximate surface area is 178 Å². The van der Waals surface area contributed by atoms with Crippen molar-refractivity contribution >= 4 is 22.9 Å². The molecule has 3 aromatic rings. The number of rotatable bonds is 2. The number of amides is 2. The first-order chi connectivity index (χ1) is 15.3. The minimum absolute atomic E-state index is 0.0192. The van der Waals surface area contributed by atoms with Crippen LogP contribution in [-0.4, -0.2) is 27.2 Å². The van der Waals surface area contributed by atoms with E-state index < -0.39 is 18.5 Å². The van der Waals surface area contributed by atoms with Crippen LogP contribution in [-0.2, 0) is 6.54 Å². The number of nitrogens with one attached hydrogen (secondary N) is 3. The van der Waals surface area contributed by atoms with Gasteiger partial charge in [0.05, 0.1) is 12.1 Å². The van der Waals surface area contributed by atoms with Crippen LogP contribution in [0.3, 0.4) is 0 Å². The van der Waals surface area contributed by atoms with Gasteiger partial charge in [-0.1, -0.05) is 11.8 Å². The van der Waals surface area contributed by atoms with Crippen LogP contribution in [0.15, 0.2) is 35.3 Å². The molecule has 2 amide bonds. The number of aromatic nitrogens is 3. The molecule has 3 N–H and O–H groups in total. The van der Waals surface area contributed by atoms with Crippen molar-refractivity contribution in [3.8, 4) is 11.8 Å². The lowest BCUT2D eigenvalue weighted by atomic mass is 9.99. The molecular formula is C21H17F4N5O2. The van der Waals surface area contributed by atoms with Gasteiger partial charge in [-0.3, -0.25) is 9.55 Å². The molecule has 2 aromatic heterocycles. The van der Waals surface area contributed by atoms with Gasteiger partial charge in [0, 0.05) is 28.9 Å². The maximum Gasteiger partial charge on any atom is 0.379 e. The van der Waals surface area contributed by atoms with Crippen molar-refractivity contribution in [3.63, 3.8) is 0 Å². The summed E-state index contributed by atoms with van der Waals surface area (Å²) in [6.45, 7) is -3.65. The average molecular weight is 447 g/mol. The number of carbonyl (C=O) groups is 1. The Hall–Kier alpha value is -3.81. The quantitative estimate of drug-likeness (QED) is 0.414. The van der Waals surface area contributed by atoms with Gasteiger partial charge in [-0.25, -0.2) is 19.0 Å². The maximum atomic E-state index is 14.9. The largest absolute Gasteiger partial charge is 0.379 e. The molecule has 1 aromatic carbocycles. The number of urea groups is 1. The topological polar surface area (TPSA) is 91.8 Å². The molecule has 1 atom stereocenters. The van der Waals surface area contributed by atoms with Crippen LogP contribution < -0.4 is 16.3 Å². The number of alkyl halides is 3. The number of aromatic amines is 1. The Morgan fingerprint density at radius 2 is 1.94 bits per heavy atom. The van der Waals surface area contributed by atoms with E-state index in [1.54, 1.807) is 24.4 Å². The molecular weight excluding hydrogens is 430 g/mol. The van der Waals surface area contributed by atoms with Gasteiger partial charge in [0.25, 0.3) is 0 Å². The SMILES string of the molecule is FC(F)F.O=C1Nc2cc(Cn3c(=O)[nH]c4ncccc43)c(F)cc2C(C#CC2CC2)N1. The van der Waals surface area contributed by atoms with Gasteiger partial charge < -0.3 is 10.6 Å². The summed E-state index contributed by atoms with van der Waals surface area (Å²) in [5.41, 5.74) is 2.04. The zero-order valence-electron chi connectivity index (χ0n) is 16.5. The smallest absolute Gasteiger partial charge is 0.320 e. The molecule has 7 nitrogen and oxygen atoms in total. The number of hydrogen-bond acceptors (Lipinski definition) is 3. The lowest BCUT2D eigenvalue weighted by Crippen LogP contribution is -2.37. The maximum absolute atomic E-state index is 14.9. The minimum atomic E-state index is -3.67. The highest BCUT2D eigenvalue weighted by molar-refractivity contribution is 5.93. The molecule has 2 aliphatic rings. The second-order valence-corrected chi connectivity index (χ2v) is 7.26. The second-order valence-electron chi connectivity index (χ2n) is 7.26. The summed E-state index contributed by atoms with van der Waals surface area (Å²) in [6.07, 6.45) is 3.72. The molecule has 1 aliphatic heterocycles. The molecule has 0 spiro atoms. The van der Waals surface area contributed by atoms with Crippen LogP contribution in [0.25, 0.3) is 11.2 Å². The highest BCUT2D eigenvalue weighted by atomic mass is 19.4. The predicted octanol–water partition coefficient (Wildman–Crippen LogP) is 3.68. The third-order valence-corrected chi connectivity index (χ3v) is 4.94. The van der Waals surface area contributed by atoms with E-state index in [1.807, 2.05) is 0 Å². The second kappa shape index (κ2) is 8.74. The van der Waals surface area contributed by atoms with E-state index in [-0.39, 0.29) is 18.3 Å². The number of carbonyl (C=O) groups excluding carboxylic acids is 1.